The second-order valence-electron chi connectivity index (χ2n) is 5.58. The normalized spacial score (nSPS) is 11.9. The summed E-state index contributed by atoms with van der Waals surface area (Å²) in [5, 5.41) is 19.1. The van der Waals surface area contributed by atoms with Crippen molar-refractivity contribution in [3.8, 4) is 11.5 Å². The monoisotopic (exact) mass is 436 g/mol. The molecular formula is C20H21IO3. The molecule has 2 rings (SSSR count). The molecule has 2 aromatic rings. The van der Waals surface area contributed by atoms with Crippen molar-refractivity contribution in [1.29, 1.82) is 0 Å². The van der Waals surface area contributed by atoms with E-state index in [0.717, 1.165) is 28.7 Å². The minimum Gasteiger partial charge on any atom is -0.508 e. The van der Waals surface area contributed by atoms with Gasteiger partial charge in [0.1, 0.15) is 17.3 Å². The minimum atomic E-state index is 0.226. The Labute approximate surface area is 156 Å². The van der Waals surface area contributed by atoms with E-state index < -0.39 is 0 Å². The zero-order chi connectivity index (χ0) is 17.5. The Hall–Kier alpha value is -1.82. The van der Waals surface area contributed by atoms with Crippen LogP contribution in [-0.2, 0) is 4.79 Å². The van der Waals surface area contributed by atoms with Crippen LogP contribution in [0.15, 0.2) is 48.5 Å². The lowest BCUT2D eigenvalue weighted by Gasteiger charge is -2.16. The average Bonchev–Trinajstić information content (AvgIpc) is 2.60. The number of hydrogen-bond acceptors (Lipinski definition) is 3. The molecule has 3 nitrogen and oxygen atoms in total. The fourth-order valence-corrected chi connectivity index (χ4v) is 3.10. The van der Waals surface area contributed by atoms with E-state index in [1.165, 1.54) is 0 Å². The van der Waals surface area contributed by atoms with Crippen molar-refractivity contribution >= 4 is 39.5 Å². The van der Waals surface area contributed by atoms with Crippen molar-refractivity contribution < 1.29 is 15.0 Å². The first-order valence-corrected chi connectivity index (χ1v) is 9.46. The summed E-state index contributed by atoms with van der Waals surface area (Å²) >= 11 is 2.09. The van der Waals surface area contributed by atoms with E-state index in [1.807, 2.05) is 24.3 Å². The van der Waals surface area contributed by atoms with Crippen LogP contribution in [0.4, 0.5) is 0 Å². The van der Waals surface area contributed by atoms with Gasteiger partial charge in [0.25, 0.3) is 0 Å². The molecule has 0 atom stereocenters. The van der Waals surface area contributed by atoms with Crippen LogP contribution >= 0.6 is 22.6 Å². The molecule has 0 unspecified atom stereocenters. The second-order valence-corrected chi connectivity index (χ2v) is 6.34. The first kappa shape index (κ1) is 18.5. The molecule has 2 aromatic carbocycles. The van der Waals surface area contributed by atoms with Crippen molar-refractivity contribution in [3.05, 3.63) is 59.7 Å². The third-order valence-electron chi connectivity index (χ3n) is 3.95. The number of benzene rings is 2. The number of rotatable bonds is 7. The van der Waals surface area contributed by atoms with E-state index in [2.05, 4.69) is 29.5 Å². The van der Waals surface area contributed by atoms with Gasteiger partial charge in [-0.25, -0.2) is 0 Å². The molecule has 0 aliphatic heterocycles. The first-order valence-electron chi connectivity index (χ1n) is 7.93. The third kappa shape index (κ3) is 4.84. The highest BCUT2D eigenvalue weighted by Crippen LogP contribution is 2.33. The van der Waals surface area contributed by atoms with Crippen molar-refractivity contribution in [1.82, 2.24) is 0 Å². The molecule has 0 aliphatic rings. The Morgan fingerprint density at radius 1 is 0.833 bits per heavy atom. The smallest absolute Gasteiger partial charge is 0.142 e. The van der Waals surface area contributed by atoms with Crippen LogP contribution in [0.5, 0.6) is 11.5 Å². The molecule has 0 aromatic heterocycles. The number of carbonyl (C=O) groups excluding carboxylic acids is 1. The number of phenolic OH excluding ortho intramolecular Hbond substituents is 2. The van der Waals surface area contributed by atoms with Crippen LogP contribution in [0.2, 0.25) is 0 Å². The molecular weight excluding hydrogens is 415 g/mol. The Morgan fingerprint density at radius 3 is 1.71 bits per heavy atom. The van der Waals surface area contributed by atoms with Gasteiger partial charge >= 0.3 is 0 Å². The predicted octanol–water partition coefficient (Wildman–Crippen LogP) is 5.20. The van der Waals surface area contributed by atoms with E-state index in [0.29, 0.717) is 17.3 Å². The molecule has 24 heavy (non-hydrogen) atoms. The van der Waals surface area contributed by atoms with E-state index in [-0.39, 0.29) is 17.3 Å². The summed E-state index contributed by atoms with van der Waals surface area (Å²) in [5.41, 5.74) is 4.32. The van der Waals surface area contributed by atoms with Crippen LogP contribution in [0.1, 0.15) is 37.3 Å². The summed E-state index contributed by atoms with van der Waals surface area (Å²) in [5.74, 6) is 0.692. The Bertz CT molecular complexity index is 716. The fourth-order valence-electron chi connectivity index (χ4n) is 2.72. The highest BCUT2D eigenvalue weighted by Gasteiger charge is 2.12. The molecule has 2 N–H and O–H groups in total. The maximum atomic E-state index is 11.8. The van der Waals surface area contributed by atoms with Gasteiger partial charge in [-0.15, -0.1) is 0 Å². The van der Waals surface area contributed by atoms with Gasteiger partial charge in [0.15, 0.2) is 0 Å². The van der Waals surface area contributed by atoms with Crippen molar-refractivity contribution in [3.63, 3.8) is 0 Å². The fraction of sp³-hybridized carbons (Fsp3) is 0.250. The summed E-state index contributed by atoms with van der Waals surface area (Å²) in [7, 11) is 0. The van der Waals surface area contributed by atoms with Crippen molar-refractivity contribution in [2.45, 2.75) is 26.2 Å². The van der Waals surface area contributed by atoms with Gasteiger partial charge in [0.05, 0.1) is 4.43 Å². The summed E-state index contributed by atoms with van der Waals surface area (Å²) in [4.78, 5) is 11.8. The lowest BCUT2D eigenvalue weighted by atomic mass is 9.89. The van der Waals surface area contributed by atoms with Gasteiger partial charge in [0.2, 0.25) is 0 Å². The lowest BCUT2D eigenvalue weighted by Crippen LogP contribution is -2.01. The molecule has 0 radical (unpaired) electrons. The van der Waals surface area contributed by atoms with Crippen molar-refractivity contribution in [2.75, 3.05) is 4.43 Å². The summed E-state index contributed by atoms with van der Waals surface area (Å²) in [6.07, 6.45) is 1.98. The highest BCUT2D eigenvalue weighted by molar-refractivity contribution is 14.1. The van der Waals surface area contributed by atoms with Gasteiger partial charge in [-0.2, -0.15) is 0 Å². The molecule has 126 valence electrons. The number of carbonyl (C=O) groups is 1. The second kappa shape index (κ2) is 8.87. The Morgan fingerprint density at radius 2 is 1.29 bits per heavy atom. The van der Waals surface area contributed by atoms with Crippen LogP contribution in [0.25, 0.3) is 11.1 Å². The van der Waals surface area contributed by atoms with Gasteiger partial charge in [-0.3, -0.25) is 4.79 Å². The van der Waals surface area contributed by atoms with Gasteiger partial charge < -0.3 is 10.2 Å². The number of hydrogen-bond donors (Lipinski definition) is 2. The third-order valence-corrected chi connectivity index (χ3v) is 4.80. The summed E-state index contributed by atoms with van der Waals surface area (Å²) < 4.78 is 0.515. The molecule has 0 fully saturated rings. The summed E-state index contributed by atoms with van der Waals surface area (Å²) in [6, 6.07) is 14.2. The average molecular weight is 436 g/mol. The van der Waals surface area contributed by atoms with Gasteiger partial charge in [-0.1, -0.05) is 53.8 Å². The van der Waals surface area contributed by atoms with E-state index in [4.69, 9.17) is 0 Å². The Kier molecular flexibility index (Phi) is 6.85. The standard InChI is InChI=1S/C20H21IO3/c1-2-19(14-3-7-16(22)8-4-14)20(12-11-18(24)13-21)15-5-9-17(23)10-6-15/h3-10,22-23H,2,11-13H2,1H3. The highest BCUT2D eigenvalue weighted by atomic mass is 127. The van der Waals surface area contributed by atoms with Gasteiger partial charge in [0, 0.05) is 6.42 Å². The van der Waals surface area contributed by atoms with Crippen molar-refractivity contribution in [2.24, 2.45) is 0 Å². The number of alkyl halides is 1. The minimum absolute atomic E-state index is 0.226. The van der Waals surface area contributed by atoms with Crippen LogP contribution in [0, 0.1) is 0 Å². The number of halogens is 1. The van der Waals surface area contributed by atoms with Crippen LogP contribution in [0.3, 0.4) is 0 Å². The number of phenols is 2. The van der Waals surface area contributed by atoms with E-state index >= 15 is 0 Å². The molecule has 0 saturated carbocycles. The van der Waals surface area contributed by atoms with E-state index in [1.54, 1.807) is 24.3 Å². The molecule has 0 spiro atoms. The Balaban J connectivity index is 2.49. The summed E-state index contributed by atoms with van der Waals surface area (Å²) in [6.45, 7) is 2.09. The number of ketones is 1. The number of aromatic hydroxyl groups is 2. The molecule has 0 aliphatic carbocycles. The number of allylic oxidation sites excluding steroid dienone is 2. The quantitative estimate of drug-likeness (QED) is 0.356. The topological polar surface area (TPSA) is 57.5 Å². The first-order chi connectivity index (χ1) is 11.5. The lowest BCUT2D eigenvalue weighted by molar-refractivity contribution is -0.116. The largest absolute Gasteiger partial charge is 0.508 e. The predicted molar refractivity (Wildman–Crippen MR) is 106 cm³/mol. The zero-order valence-electron chi connectivity index (χ0n) is 13.6. The molecule has 0 bridgehead atoms. The maximum absolute atomic E-state index is 11.8. The molecule has 0 heterocycles. The van der Waals surface area contributed by atoms with Crippen LogP contribution in [-0.4, -0.2) is 20.4 Å². The molecule has 4 heteroatoms. The van der Waals surface area contributed by atoms with Crippen LogP contribution < -0.4 is 0 Å². The number of Topliss-reactive ketones (excluding diaryl/α,β-unsaturated/α-hetero) is 1. The zero-order valence-corrected chi connectivity index (χ0v) is 15.8. The molecule has 0 saturated heterocycles. The molecule has 0 amide bonds. The van der Waals surface area contributed by atoms with Gasteiger partial charge in [-0.05, 0) is 59.4 Å². The SMILES string of the molecule is CCC(=C(CCC(=O)CI)c1ccc(O)cc1)c1ccc(O)cc1. The van der Waals surface area contributed by atoms with E-state index in [9.17, 15) is 15.0 Å². The maximum Gasteiger partial charge on any atom is 0.142 e.